The molecule has 3 heterocycles. The molecule has 2 aliphatic heterocycles. The van der Waals surface area contributed by atoms with Gasteiger partial charge in [0.25, 0.3) is 0 Å². The Balaban J connectivity index is 1.45. The van der Waals surface area contributed by atoms with Crippen molar-refractivity contribution in [3.8, 4) is 0 Å². The Hall–Kier alpha value is -3.11. The Labute approximate surface area is 177 Å². The molecule has 0 fully saturated rings. The van der Waals surface area contributed by atoms with Crippen LogP contribution in [0.25, 0.3) is 28.5 Å². The second kappa shape index (κ2) is 6.71. The molecule has 0 saturated carbocycles. The fraction of sp³-hybridized carbons (Fsp3) is 0.192. The number of hydrogen-bond acceptors (Lipinski definition) is 1. The van der Waals surface area contributed by atoms with Crippen LogP contribution in [0.3, 0.4) is 0 Å². The summed E-state index contributed by atoms with van der Waals surface area (Å²) in [6.45, 7) is 2.85. The third-order valence-electron chi connectivity index (χ3n) is 6.61. The summed E-state index contributed by atoms with van der Waals surface area (Å²) < 4.78 is 4.51. The van der Waals surface area contributed by atoms with Crippen molar-refractivity contribution in [2.24, 2.45) is 5.73 Å². The van der Waals surface area contributed by atoms with Crippen LogP contribution >= 0.6 is 0 Å². The fourth-order valence-electron chi connectivity index (χ4n) is 5.29. The highest BCUT2D eigenvalue weighted by molar-refractivity contribution is 6.28. The van der Waals surface area contributed by atoms with Crippen molar-refractivity contribution in [3.05, 3.63) is 87.9 Å². The lowest BCUT2D eigenvalue weighted by atomic mass is 9.94. The van der Waals surface area contributed by atoms with Crippen LogP contribution in [-0.4, -0.2) is 29.3 Å². The highest BCUT2D eigenvalue weighted by atomic mass is 15.1. The molecule has 0 saturated heterocycles. The van der Waals surface area contributed by atoms with Gasteiger partial charge < -0.3 is 10.2 Å². The zero-order valence-corrected chi connectivity index (χ0v) is 17.2. The molecular formula is C26H24BN3+. The van der Waals surface area contributed by atoms with Crippen LogP contribution in [0.1, 0.15) is 40.1 Å². The lowest BCUT2D eigenvalue weighted by Crippen LogP contribution is -2.30. The number of fused-ring (bicyclic) bond motifs is 2. The van der Waals surface area contributed by atoms with E-state index in [0.717, 1.165) is 6.42 Å². The lowest BCUT2D eigenvalue weighted by Gasteiger charge is -2.18. The minimum atomic E-state index is 0.650. The quantitative estimate of drug-likeness (QED) is 0.663. The predicted octanol–water partition coefficient (Wildman–Crippen LogP) is 4.33. The fourth-order valence-corrected chi connectivity index (χ4v) is 5.29. The van der Waals surface area contributed by atoms with Crippen LogP contribution < -0.4 is 5.73 Å². The van der Waals surface area contributed by atoms with E-state index < -0.39 is 0 Å². The number of aromatic nitrogens is 1. The van der Waals surface area contributed by atoms with E-state index in [4.69, 9.17) is 5.73 Å². The van der Waals surface area contributed by atoms with Crippen molar-refractivity contribution < 1.29 is 4.49 Å². The van der Waals surface area contributed by atoms with Gasteiger partial charge in [-0.05, 0) is 77.9 Å². The van der Waals surface area contributed by atoms with E-state index in [1.807, 2.05) is 0 Å². The van der Waals surface area contributed by atoms with E-state index in [1.54, 1.807) is 0 Å². The van der Waals surface area contributed by atoms with Gasteiger partial charge >= 0.3 is 7.55 Å². The Kier molecular flexibility index (Phi) is 3.97. The normalized spacial score (nSPS) is 16.4. The van der Waals surface area contributed by atoms with Gasteiger partial charge in [0.2, 0.25) is 0 Å². The standard InChI is InChI=1S/C26H24BN3/c1-17-16-21(30-26(17)23(13-14-28)24-6-3-15-29(24)27-30)12-11-18-7-8-20-10-9-19-4-2-5-22(18)25(19)20/h2-8,11-12,15-16H,9-10,13-14,28H2,1H3/q+1/b12-11+. The number of benzene rings is 2. The maximum atomic E-state index is 5.95. The summed E-state index contributed by atoms with van der Waals surface area (Å²) in [7, 11) is 2.19. The summed E-state index contributed by atoms with van der Waals surface area (Å²) in [6, 6.07) is 13.6. The molecule has 1 radical (unpaired) electrons. The highest BCUT2D eigenvalue weighted by Gasteiger charge is 2.35. The first-order valence-corrected chi connectivity index (χ1v) is 10.8. The van der Waals surface area contributed by atoms with Crippen molar-refractivity contribution in [2.45, 2.75) is 26.2 Å². The number of allylic oxidation sites excluding steroid dienone is 2. The van der Waals surface area contributed by atoms with Crippen LogP contribution in [0.4, 0.5) is 0 Å². The monoisotopic (exact) mass is 389 g/mol. The largest absolute Gasteiger partial charge is 0.699 e. The summed E-state index contributed by atoms with van der Waals surface area (Å²) in [5.74, 6) is 0. The van der Waals surface area contributed by atoms with Crippen molar-refractivity contribution in [1.29, 1.82) is 0 Å². The summed E-state index contributed by atoms with van der Waals surface area (Å²) in [6.07, 6.45) is 14.1. The van der Waals surface area contributed by atoms with Crippen LogP contribution in [0.2, 0.25) is 0 Å². The summed E-state index contributed by atoms with van der Waals surface area (Å²) in [5.41, 5.74) is 16.6. The second-order valence-electron chi connectivity index (χ2n) is 8.39. The Morgan fingerprint density at radius 1 is 1.13 bits per heavy atom. The molecule has 3 aromatic rings. The molecule has 3 nitrogen and oxygen atoms in total. The molecule has 1 aromatic heterocycles. The first-order chi connectivity index (χ1) is 14.7. The van der Waals surface area contributed by atoms with Gasteiger partial charge in [-0.15, -0.1) is 0 Å². The number of aryl methyl sites for hydroxylation is 3. The molecule has 0 unspecified atom stereocenters. The molecular weight excluding hydrogens is 365 g/mol. The topological polar surface area (TPSA) is 34.0 Å². The van der Waals surface area contributed by atoms with Gasteiger partial charge in [0.15, 0.2) is 5.70 Å². The molecule has 0 spiro atoms. The lowest BCUT2D eigenvalue weighted by molar-refractivity contribution is -0.307. The molecule has 2 N–H and O–H groups in total. The SMILES string of the molecule is Cc1cc(/C=C/c2ccc3c4c(cccc24)CC3)n2c1C(CCN)=C1C=CC=[N+]1[B]2. The Bertz CT molecular complexity index is 1320. The first kappa shape index (κ1) is 17.7. The summed E-state index contributed by atoms with van der Waals surface area (Å²) >= 11 is 0. The highest BCUT2D eigenvalue weighted by Crippen LogP contribution is 2.35. The number of nitrogens with two attached hydrogens (primary N) is 1. The zero-order valence-electron chi connectivity index (χ0n) is 17.2. The zero-order chi connectivity index (χ0) is 20.2. The number of hydrogen-bond donors (Lipinski definition) is 1. The average molecular weight is 389 g/mol. The summed E-state index contributed by atoms with van der Waals surface area (Å²) in [4.78, 5) is 0. The maximum Gasteiger partial charge on any atom is 0.699 e. The van der Waals surface area contributed by atoms with Crippen LogP contribution in [-0.2, 0) is 12.8 Å². The van der Waals surface area contributed by atoms with Gasteiger partial charge in [-0.3, -0.25) is 4.49 Å². The third-order valence-corrected chi connectivity index (χ3v) is 6.61. The van der Waals surface area contributed by atoms with Crippen LogP contribution in [0, 0.1) is 6.92 Å². The van der Waals surface area contributed by atoms with Gasteiger partial charge in [0, 0.05) is 29.1 Å². The van der Waals surface area contributed by atoms with E-state index >= 15 is 0 Å². The average Bonchev–Trinajstić information content (AvgIpc) is 3.47. The number of rotatable bonds is 4. The molecule has 0 bridgehead atoms. The third kappa shape index (κ3) is 2.53. The molecule has 145 valence electrons. The van der Waals surface area contributed by atoms with Gasteiger partial charge in [0.05, 0.1) is 0 Å². The van der Waals surface area contributed by atoms with Crippen LogP contribution in [0.5, 0.6) is 0 Å². The van der Waals surface area contributed by atoms with Crippen LogP contribution in [0.15, 0.2) is 54.2 Å². The molecule has 2 aromatic carbocycles. The van der Waals surface area contributed by atoms with E-state index in [1.165, 1.54) is 68.5 Å². The molecule has 0 amide bonds. The Morgan fingerprint density at radius 2 is 2.00 bits per heavy atom. The molecule has 30 heavy (non-hydrogen) atoms. The van der Waals surface area contributed by atoms with E-state index in [-0.39, 0.29) is 0 Å². The molecule has 1 aliphatic carbocycles. The number of nitrogens with zero attached hydrogens (tertiary/aromatic N) is 2. The van der Waals surface area contributed by atoms with Crippen molar-refractivity contribution in [2.75, 3.05) is 6.54 Å². The van der Waals surface area contributed by atoms with Gasteiger partial charge in [-0.1, -0.05) is 36.4 Å². The molecule has 0 atom stereocenters. The van der Waals surface area contributed by atoms with E-state index in [0.29, 0.717) is 6.54 Å². The molecule has 3 aliphatic rings. The van der Waals surface area contributed by atoms with Gasteiger partial charge in [-0.2, -0.15) is 0 Å². The first-order valence-electron chi connectivity index (χ1n) is 10.8. The minimum Gasteiger partial charge on any atom is -0.330 e. The van der Waals surface area contributed by atoms with Gasteiger partial charge in [-0.25, -0.2) is 0 Å². The smallest absolute Gasteiger partial charge is 0.330 e. The Morgan fingerprint density at radius 3 is 2.87 bits per heavy atom. The second-order valence-corrected chi connectivity index (χ2v) is 8.39. The molecule has 6 rings (SSSR count). The van der Waals surface area contributed by atoms with Crippen molar-refractivity contribution >= 4 is 42.3 Å². The molecule has 4 heteroatoms. The maximum absolute atomic E-state index is 5.95. The van der Waals surface area contributed by atoms with Crippen molar-refractivity contribution in [3.63, 3.8) is 0 Å². The minimum absolute atomic E-state index is 0.650. The van der Waals surface area contributed by atoms with Crippen molar-refractivity contribution in [1.82, 2.24) is 4.48 Å². The van der Waals surface area contributed by atoms with E-state index in [9.17, 15) is 0 Å². The van der Waals surface area contributed by atoms with Gasteiger partial charge in [0.1, 0.15) is 6.21 Å². The summed E-state index contributed by atoms with van der Waals surface area (Å²) in [5, 5.41) is 2.84. The van der Waals surface area contributed by atoms with E-state index in [2.05, 4.69) is 90.4 Å². The predicted molar refractivity (Wildman–Crippen MR) is 127 cm³/mol.